The SMILES string of the molecule is CCCCCCCCCCCCCCCCCCCC(=O)OC[C@@H](COC(=O)CCCCCCCCCC(C)C)OC(=O)CCCCCCCCCCCCC. The summed E-state index contributed by atoms with van der Waals surface area (Å²) in [6.45, 7) is 8.96. The van der Waals surface area contributed by atoms with Crippen LogP contribution < -0.4 is 0 Å². The molecule has 0 N–H and O–H groups in total. The third-order valence-electron chi connectivity index (χ3n) is 11.3. The van der Waals surface area contributed by atoms with Gasteiger partial charge in [-0.2, -0.15) is 0 Å². The monoisotopic (exact) mass is 793 g/mol. The Morgan fingerprint density at radius 2 is 0.589 bits per heavy atom. The zero-order valence-corrected chi connectivity index (χ0v) is 38.1. The molecule has 0 fully saturated rings. The summed E-state index contributed by atoms with van der Waals surface area (Å²) in [6.07, 6.45) is 45.2. The number of hydrogen-bond acceptors (Lipinski definition) is 6. The van der Waals surface area contributed by atoms with Gasteiger partial charge in [0.1, 0.15) is 13.2 Å². The molecule has 0 aliphatic heterocycles. The molecule has 6 nitrogen and oxygen atoms in total. The van der Waals surface area contributed by atoms with E-state index in [1.807, 2.05) is 0 Å². The fourth-order valence-corrected chi connectivity index (χ4v) is 7.51. The van der Waals surface area contributed by atoms with Crippen LogP contribution in [0.4, 0.5) is 0 Å². The maximum Gasteiger partial charge on any atom is 0.306 e. The molecule has 56 heavy (non-hydrogen) atoms. The zero-order valence-electron chi connectivity index (χ0n) is 38.1. The highest BCUT2D eigenvalue weighted by Crippen LogP contribution is 2.17. The van der Waals surface area contributed by atoms with Crippen molar-refractivity contribution >= 4 is 17.9 Å². The van der Waals surface area contributed by atoms with Gasteiger partial charge in [0.25, 0.3) is 0 Å². The molecule has 0 heterocycles. The number of rotatable bonds is 45. The normalized spacial score (nSPS) is 11.9. The van der Waals surface area contributed by atoms with E-state index in [4.69, 9.17) is 14.2 Å². The lowest BCUT2D eigenvalue weighted by Gasteiger charge is -2.18. The average molecular weight is 793 g/mol. The molecule has 0 unspecified atom stereocenters. The van der Waals surface area contributed by atoms with E-state index >= 15 is 0 Å². The molecule has 0 saturated carbocycles. The highest BCUT2D eigenvalue weighted by atomic mass is 16.6. The largest absolute Gasteiger partial charge is 0.462 e. The highest BCUT2D eigenvalue weighted by Gasteiger charge is 2.19. The number of esters is 3. The predicted molar refractivity (Wildman–Crippen MR) is 238 cm³/mol. The van der Waals surface area contributed by atoms with Gasteiger partial charge in [-0.3, -0.25) is 14.4 Å². The third-order valence-corrected chi connectivity index (χ3v) is 11.3. The van der Waals surface area contributed by atoms with E-state index in [1.54, 1.807) is 0 Å². The molecule has 6 heteroatoms. The molecule has 0 spiro atoms. The first-order valence-electron chi connectivity index (χ1n) is 24.9. The molecule has 0 aromatic rings. The summed E-state index contributed by atoms with van der Waals surface area (Å²) in [5, 5.41) is 0. The lowest BCUT2D eigenvalue weighted by molar-refractivity contribution is -0.167. The van der Waals surface area contributed by atoms with Crippen LogP contribution in [0.1, 0.15) is 278 Å². The Labute approximate surface area is 348 Å². The van der Waals surface area contributed by atoms with Crippen LogP contribution in [-0.4, -0.2) is 37.2 Å². The minimum absolute atomic E-state index is 0.0636. The molecular weight excluding hydrogens is 697 g/mol. The van der Waals surface area contributed by atoms with Crippen molar-refractivity contribution in [2.45, 2.75) is 284 Å². The lowest BCUT2D eigenvalue weighted by Crippen LogP contribution is -2.30. The van der Waals surface area contributed by atoms with Gasteiger partial charge in [0, 0.05) is 19.3 Å². The molecule has 1 atom stereocenters. The third kappa shape index (κ3) is 43.5. The number of ether oxygens (including phenoxy) is 3. The fourth-order valence-electron chi connectivity index (χ4n) is 7.51. The van der Waals surface area contributed by atoms with E-state index in [0.29, 0.717) is 19.3 Å². The van der Waals surface area contributed by atoms with Crippen molar-refractivity contribution in [3.63, 3.8) is 0 Å². The van der Waals surface area contributed by atoms with Gasteiger partial charge in [-0.15, -0.1) is 0 Å². The van der Waals surface area contributed by atoms with E-state index < -0.39 is 6.10 Å². The van der Waals surface area contributed by atoms with Gasteiger partial charge in [0.15, 0.2) is 6.10 Å². The molecule has 0 aromatic heterocycles. The number of hydrogen-bond donors (Lipinski definition) is 0. The fraction of sp³-hybridized carbons (Fsp3) is 0.940. The van der Waals surface area contributed by atoms with Gasteiger partial charge in [0.2, 0.25) is 0 Å². The first kappa shape index (κ1) is 54.4. The van der Waals surface area contributed by atoms with Gasteiger partial charge in [-0.25, -0.2) is 0 Å². The van der Waals surface area contributed by atoms with E-state index in [2.05, 4.69) is 27.7 Å². The molecular formula is C50H96O6. The number of carbonyl (C=O) groups is 3. The molecule has 0 aliphatic carbocycles. The maximum absolute atomic E-state index is 12.7. The second kappa shape index (κ2) is 44.5. The van der Waals surface area contributed by atoms with Crippen LogP contribution in [-0.2, 0) is 28.6 Å². The van der Waals surface area contributed by atoms with Gasteiger partial charge in [-0.05, 0) is 25.2 Å². The maximum atomic E-state index is 12.7. The van der Waals surface area contributed by atoms with Crippen molar-refractivity contribution in [1.82, 2.24) is 0 Å². The van der Waals surface area contributed by atoms with Crippen LogP contribution in [0.3, 0.4) is 0 Å². The first-order valence-corrected chi connectivity index (χ1v) is 24.9. The second-order valence-corrected chi connectivity index (χ2v) is 17.6. The molecule has 0 bridgehead atoms. The zero-order chi connectivity index (χ0) is 41.0. The van der Waals surface area contributed by atoms with Crippen LogP contribution in [0.15, 0.2) is 0 Å². The van der Waals surface area contributed by atoms with Crippen LogP contribution in [0, 0.1) is 5.92 Å². The van der Waals surface area contributed by atoms with Crippen molar-refractivity contribution in [3.05, 3.63) is 0 Å². The van der Waals surface area contributed by atoms with Crippen LogP contribution in [0.2, 0.25) is 0 Å². The molecule has 0 rings (SSSR count). The van der Waals surface area contributed by atoms with Gasteiger partial charge >= 0.3 is 17.9 Å². The Bertz CT molecular complexity index is 841. The summed E-state index contributed by atoms with van der Waals surface area (Å²) in [5.41, 5.74) is 0. The number of unbranched alkanes of at least 4 members (excludes halogenated alkanes) is 32. The summed E-state index contributed by atoms with van der Waals surface area (Å²) in [7, 11) is 0. The van der Waals surface area contributed by atoms with Gasteiger partial charge < -0.3 is 14.2 Å². The molecule has 0 aliphatic rings. The molecule has 332 valence electrons. The lowest BCUT2D eigenvalue weighted by atomic mass is 10.0. The van der Waals surface area contributed by atoms with E-state index in [1.165, 1.54) is 173 Å². The minimum Gasteiger partial charge on any atom is -0.462 e. The van der Waals surface area contributed by atoms with Crippen molar-refractivity contribution in [2.75, 3.05) is 13.2 Å². The molecule has 0 aromatic carbocycles. The summed E-state index contributed by atoms with van der Waals surface area (Å²) < 4.78 is 16.7. The Balaban J connectivity index is 4.25. The van der Waals surface area contributed by atoms with E-state index in [9.17, 15) is 14.4 Å². The minimum atomic E-state index is -0.760. The van der Waals surface area contributed by atoms with Crippen LogP contribution in [0.25, 0.3) is 0 Å². The Kier molecular flexibility index (Phi) is 43.2. The van der Waals surface area contributed by atoms with Gasteiger partial charge in [-0.1, -0.05) is 240 Å². The molecule has 0 radical (unpaired) electrons. The smallest absolute Gasteiger partial charge is 0.306 e. The predicted octanol–water partition coefficient (Wildman–Crippen LogP) is 15.9. The summed E-state index contributed by atoms with van der Waals surface area (Å²) in [4.78, 5) is 37.8. The Morgan fingerprint density at radius 1 is 0.339 bits per heavy atom. The molecule has 0 saturated heterocycles. The van der Waals surface area contributed by atoms with Crippen LogP contribution in [0.5, 0.6) is 0 Å². The van der Waals surface area contributed by atoms with Crippen molar-refractivity contribution < 1.29 is 28.6 Å². The summed E-state index contributed by atoms with van der Waals surface area (Å²) >= 11 is 0. The standard InChI is InChI=1S/C50H96O6/c1-5-7-9-11-13-15-17-18-19-20-21-22-24-25-29-33-37-41-48(51)54-44-47(45-55-49(52)42-38-34-31-27-28-32-36-40-46(3)4)56-50(53)43-39-35-30-26-23-16-14-12-10-8-6-2/h46-47H,5-45H2,1-4H3/t47-/m0/s1. The average Bonchev–Trinajstić information content (AvgIpc) is 3.18. The quantitative estimate of drug-likeness (QED) is 0.0347. The van der Waals surface area contributed by atoms with E-state index in [0.717, 1.165) is 63.7 Å². The first-order chi connectivity index (χ1) is 27.4. The van der Waals surface area contributed by atoms with E-state index in [-0.39, 0.29) is 31.1 Å². The van der Waals surface area contributed by atoms with Crippen molar-refractivity contribution in [1.29, 1.82) is 0 Å². The summed E-state index contributed by atoms with van der Waals surface area (Å²) in [6, 6.07) is 0. The summed E-state index contributed by atoms with van der Waals surface area (Å²) in [5.74, 6) is -0.0698. The van der Waals surface area contributed by atoms with Crippen molar-refractivity contribution in [3.8, 4) is 0 Å². The van der Waals surface area contributed by atoms with Crippen molar-refractivity contribution in [2.24, 2.45) is 5.92 Å². The number of carbonyl (C=O) groups excluding carboxylic acids is 3. The Morgan fingerprint density at radius 3 is 0.875 bits per heavy atom. The Hall–Kier alpha value is -1.59. The molecule has 0 amide bonds. The topological polar surface area (TPSA) is 78.9 Å². The highest BCUT2D eigenvalue weighted by molar-refractivity contribution is 5.71. The van der Waals surface area contributed by atoms with Crippen LogP contribution >= 0.6 is 0 Å². The van der Waals surface area contributed by atoms with Gasteiger partial charge in [0.05, 0.1) is 0 Å². The second-order valence-electron chi connectivity index (χ2n) is 17.6.